The summed E-state index contributed by atoms with van der Waals surface area (Å²) in [6.45, 7) is 4.43. The van der Waals surface area contributed by atoms with Gasteiger partial charge in [0.05, 0.1) is 19.8 Å². The molecule has 0 aliphatic heterocycles. The average molecular weight is 438 g/mol. The molecule has 31 heavy (non-hydrogen) atoms. The number of hydrogen-bond acceptors (Lipinski definition) is 7. The van der Waals surface area contributed by atoms with E-state index in [0.29, 0.717) is 34.9 Å². The van der Waals surface area contributed by atoms with Crippen molar-refractivity contribution in [2.75, 3.05) is 37.0 Å². The Hall–Kier alpha value is -3.57. The SMILES string of the molecule is CCOc1ccc(NC(=O)CN(C)c2ccc3nnc(C(F)(F)F)n3n2)cc1OCC. The molecular formula is C19H21F3N6O3. The predicted octanol–water partition coefficient (Wildman–Crippen LogP) is 3.02. The van der Waals surface area contributed by atoms with Crippen LogP contribution in [0.3, 0.4) is 0 Å². The van der Waals surface area contributed by atoms with E-state index in [2.05, 4.69) is 20.6 Å². The minimum absolute atomic E-state index is 0.0493. The van der Waals surface area contributed by atoms with Gasteiger partial charge in [-0.3, -0.25) is 4.79 Å². The van der Waals surface area contributed by atoms with Crippen LogP contribution in [-0.4, -0.2) is 52.5 Å². The molecule has 1 aromatic carbocycles. The fraction of sp³-hybridized carbons (Fsp3) is 0.368. The van der Waals surface area contributed by atoms with Gasteiger partial charge in [0.15, 0.2) is 17.1 Å². The third-order valence-corrected chi connectivity index (χ3v) is 4.10. The molecular weight excluding hydrogens is 417 g/mol. The summed E-state index contributed by atoms with van der Waals surface area (Å²) < 4.78 is 50.7. The van der Waals surface area contributed by atoms with Crippen molar-refractivity contribution >= 4 is 23.1 Å². The largest absolute Gasteiger partial charge is 0.490 e. The zero-order chi connectivity index (χ0) is 22.6. The van der Waals surface area contributed by atoms with Gasteiger partial charge < -0.3 is 19.7 Å². The van der Waals surface area contributed by atoms with E-state index in [1.807, 2.05) is 13.8 Å². The number of hydrogen-bond donors (Lipinski definition) is 1. The predicted molar refractivity (Wildman–Crippen MR) is 106 cm³/mol. The number of amides is 1. The molecule has 3 aromatic rings. The maximum atomic E-state index is 13.0. The summed E-state index contributed by atoms with van der Waals surface area (Å²) >= 11 is 0. The fourth-order valence-electron chi connectivity index (χ4n) is 2.79. The van der Waals surface area contributed by atoms with Gasteiger partial charge in [-0.05, 0) is 38.1 Å². The molecule has 0 saturated carbocycles. The second-order valence-electron chi connectivity index (χ2n) is 6.41. The molecule has 0 aliphatic carbocycles. The zero-order valence-electron chi connectivity index (χ0n) is 17.1. The van der Waals surface area contributed by atoms with Crippen LogP contribution in [0.25, 0.3) is 5.65 Å². The summed E-state index contributed by atoms with van der Waals surface area (Å²) in [5.74, 6) is -0.424. The molecule has 0 unspecified atom stereocenters. The number of carbonyl (C=O) groups excluding carboxylic acids is 1. The van der Waals surface area contributed by atoms with E-state index in [1.165, 1.54) is 24.1 Å². The number of ether oxygens (including phenoxy) is 2. The Bertz CT molecular complexity index is 1070. The Labute approximate surface area is 175 Å². The molecule has 166 valence electrons. The first-order valence-electron chi connectivity index (χ1n) is 9.43. The van der Waals surface area contributed by atoms with Crippen molar-refractivity contribution in [3.05, 3.63) is 36.2 Å². The number of fused-ring (bicyclic) bond motifs is 1. The summed E-state index contributed by atoms with van der Waals surface area (Å²) in [5.41, 5.74) is 0.443. The van der Waals surface area contributed by atoms with Crippen molar-refractivity contribution in [3.8, 4) is 11.5 Å². The monoisotopic (exact) mass is 438 g/mol. The molecule has 1 N–H and O–H groups in total. The molecule has 9 nitrogen and oxygen atoms in total. The molecule has 0 atom stereocenters. The Morgan fingerprint density at radius 3 is 2.48 bits per heavy atom. The Balaban J connectivity index is 1.73. The molecule has 0 spiro atoms. The first-order valence-corrected chi connectivity index (χ1v) is 9.43. The van der Waals surface area contributed by atoms with Crippen molar-refractivity contribution in [2.24, 2.45) is 0 Å². The zero-order valence-corrected chi connectivity index (χ0v) is 17.1. The number of likely N-dealkylation sites (N-methyl/N-ethyl adjacent to an activating group) is 1. The van der Waals surface area contributed by atoms with Crippen LogP contribution in [-0.2, 0) is 11.0 Å². The minimum Gasteiger partial charge on any atom is -0.490 e. The van der Waals surface area contributed by atoms with E-state index >= 15 is 0 Å². The number of alkyl halides is 3. The molecule has 1 amide bonds. The lowest BCUT2D eigenvalue weighted by Gasteiger charge is -2.18. The van der Waals surface area contributed by atoms with Crippen LogP contribution < -0.4 is 19.7 Å². The van der Waals surface area contributed by atoms with Gasteiger partial charge in [-0.15, -0.1) is 15.3 Å². The van der Waals surface area contributed by atoms with Crippen LogP contribution in [0.5, 0.6) is 11.5 Å². The van der Waals surface area contributed by atoms with Crippen LogP contribution in [0.2, 0.25) is 0 Å². The molecule has 0 bridgehead atoms. The third-order valence-electron chi connectivity index (χ3n) is 4.10. The second kappa shape index (κ2) is 9.06. The fourth-order valence-corrected chi connectivity index (χ4v) is 2.79. The summed E-state index contributed by atoms with van der Waals surface area (Å²) in [6.07, 6.45) is -4.70. The van der Waals surface area contributed by atoms with Gasteiger partial charge in [-0.25, -0.2) is 0 Å². The highest BCUT2D eigenvalue weighted by Crippen LogP contribution is 2.31. The molecule has 0 radical (unpaired) electrons. The van der Waals surface area contributed by atoms with E-state index in [1.54, 1.807) is 18.2 Å². The van der Waals surface area contributed by atoms with E-state index in [0.717, 1.165) is 0 Å². The van der Waals surface area contributed by atoms with Crippen molar-refractivity contribution < 1.29 is 27.4 Å². The molecule has 12 heteroatoms. The van der Waals surface area contributed by atoms with E-state index in [4.69, 9.17) is 9.47 Å². The number of nitrogens with one attached hydrogen (secondary N) is 1. The van der Waals surface area contributed by atoms with Crippen molar-refractivity contribution in [2.45, 2.75) is 20.0 Å². The second-order valence-corrected chi connectivity index (χ2v) is 6.41. The quantitative estimate of drug-likeness (QED) is 0.578. The van der Waals surface area contributed by atoms with Crippen molar-refractivity contribution in [1.29, 1.82) is 0 Å². The smallest absolute Gasteiger partial charge is 0.453 e. The number of rotatable bonds is 8. The Kier molecular flexibility index (Phi) is 6.47. The number of aromatic nitrogens is 4. The summed E-state index contributed by atoms with van der Waals surface area (Å²) in [7, 11) is 1.54. The first-order chi connectivity index (χ1) is 14.7. The molecule has 0 aliphatic rings. The third kappa shape index (κ3) is 5.13. The van der Waals surface area contributed by atoms with Crippen LogP contribution in [0, 0.1) is 0 Å². The van der Waals surface area contributed by atoms with Crippen LogP contribution in [0.4, 0.5) is 24.7 Å². The summed E-state index contributed by atoms with van der Waals surface area (Å²) in [6, 6.07) is 7.81. The minimum atomic E-state index is -4.70. The highest BCUT2D eigenvalue weighted by molar-refractivity contribution is 5.94. The lowest BCUT2D eigenvalue weighted by molar-refractivity contribution is -0.146. The number of halogens is 3. The van der Waals surface area contributed by atoms with E-state index < -0.39 is 17.9 Å². The van der Waals surface area contributed by atoms with Gasteiger partial charge in [0.1, 0.15) is 5.82 Å². The maximum absolute atomic E-state index is 13.0. The van der Waals surface area contributed by atoms with E-state index in [-0.39, 0.29) is 18.0 Å². The molecule has 2 heterocycles. The summed E-state index contributed by atoms with van der Waals surface area (Å²) in [5, 5.41) is 13.2. The first kappa shape index (κ1) is 22.1. The topological polar surface area (TPSA) is 93.9 Å². The van der Waals surface area contributed by atoms with Gasteiger partial charge in [-0.1, -0.05) is 0 Å². The lowest BCUT2D eigenvalue weighted by atomic mass is 10.2. The molecule has 2 aromatic heterocycles. The van der Waals surface area contributed by atoms with Crippen LogP contribution in [0.15, 0.2) is 30.3 Å². The molecule has 3 rings (SSSR count). The Morgan fingerprint density at radius 2 is 1.81 bits per heavy atom. The number of nitrogens with zero attached hydrogens (tertiary/aromatic N) is 5. The maximum Gasteiger partial charge on any atom is 0.453 e. The van der Waals surface area contributed by atoms with Crippen LogP contribution in [0.1, 0.15) is 19.7 Å². The van der Waals surface area contributed by atoms with Gasteiger partial charge >= 0.3 is 6.18 Å². The average Bonchev–Trinajstić information content (AvgIpc) is 3.14. The standard InChI is InChI=1S/C19H21F3N6O3/c1-4-30-13-7-6-12(10-14(13)31-5-2)23-17(29)11-27(3)16-9-8-15-24-25-18(19(20,21)22)28(15)26-16/h6-10H,4-5,11H2,1-3H3,(H,23,29). The highest BCUT2D eigenvalue weighted by atomic mass is 19.4. The lowest BCUT2D eigenvalue weighted by Crippen LogP contribution is -2.31. The van der Waals surface area contributed by atoms with Crippen LogP contribution >= 0.6 is 0 Å². The number of anilines is 2. The van der Waals surface area contributed by atoms with Gasteiger partial charge in [0.25, 0.3) is 5.82 Å². The van der Waals surface area contributed by atoms with E-state index in [9.17, 15) is 18.0 Å². The van der Waals surface area contributed by atoms with Crippen molar-refractivity contribution in [1.82, 2.24) is 19.8 Å². The van der Waals surface area contributed by atoms with Crippen molar-refractivity contribution in [3.63, 3.8) is 0 Å². The molecule has 0 saturated heterocycles. The normalized spacial score (nSPS) is 11.4. The van der Waals surface area contributed by atoms with Gasteiger partial charge in [0, 0.05) is 18.8 Å². The highest BCUT2D eigenvalue weighted by Gasteiger charge is 2.37. The number of benzene rings is 1. The summed E-state index contributed by atoms with van der Waals surface area (Å²) in [4.78, 5) is 13.9. The van der Waals surface area contributed by atoms with Gasteiger partial charge in [-0.2, -0.15) is 17.7 Å². The molecule has 0 fully saturated rings. The Morgan fingerprint density at radius 1 is 1.10 bits per heavy atom. The number of carbonyl (C=O) groups is 1. The van der Waals surface area contributed by atoms with Gasteiger partial charge in [0.2, 0.25) is 5.91 Å².